The van der Waals surface area contributed by atoms with E-state index < -0.39 is 29.5 Å². The molecule has 0 unspecified atom stereocenters. The first-order valence-corrected chi connectivity index (χ1v) is 12.3. The van der Waals surface area contributed by atoms with Gasteiger partial charge >= 0.3 is 12.1 Å². The summed E-state index contributed by atoms with van der Waals surface area (Å²) in [5.41, 5.74) is -0.768. The minimum absolute atomic E-state index is 0.0132. The molecule has 0 atom stereocenters. The Hall–Kier alpha value is -4.02. The standard InChI is InChI=1S/C27H18ClF3N2O4S/c28-16-7-12-22(21(13-16)27(29,30)31)33-23(34)14-38-18-10-8-17(9-11-18)32-25(35)19-5-1-3-15-4-2-6-20(24(15)19)26(36)37/h1-13H,14H2,(H,32,35)(H,33,34)(H,36,37). The Morgan fingerprint density at radius 2 is 1.53 bits per heavy atom. The summed E-state index contributed by atoms with van der Waals surface area (Å²) in [6, 6.07) is 19.3. The number of carbonyl (C=O) groups excluding carboxylic acids is 2. The van der Waals surface area contributed by atoms with Crippen molar-refractivity contribution in [1.29, 1.82) is 0 Å². The van der Waals surface area contributed by atoms with E-state index in [0.717, 1.165) is 23.9 Å². The molecule has 0 saturated heterocycles. The van der Waals surface area contributed by atoms with Crippen molar-refractivity contribution in [3.8, 4) is 0 Å². The number of fused-ring (bicyclic) bond motifs is 1. The lowest BCUT2D eigenvalue weighted by atomic mass is 9.98. The quantitative estimate of drug-likeness (QED) is 0.209. The van der Waals surface area contributed by atoms with Crippen LogP contribution in [0.3, 0.4) is 0 Å². The number of amides is 2. The van der Waals surface area contributed by atoms with Crippen LogP contribution in [0, 0.1) is 0 Å². The maximum absolute atomic E-state index is 13.2. The van der Waals surface area contributed by atoms with Crippen LogP contribution < -0.4 is 10.6 Å². The molecule has 194 valence electrons. The van der Waals surface area contributed by atoms with E-state index >= 15 is 0 Å². The number of rotatable bonds is 7. The van der Waals surface area contributed by atoms with E-state index in [1.807, 2.05) is 0 Å². The average Bonchev–Trinajstić information content (AvgIpc) is 2.88. The Morgan fingerprint density at radius 3 is 2.16 bits per heavy atom. The zero-order valence-corrected chi connectivity index (χ0v) is 20.9. The number of aromatic carboxylic acids is 1. The molecule has 0 radical (unpaired) electrons. The lowest BCUT2D eigenvalue weighted by Gasteiger charge is -2.14. The van der Waals surface area contributed by atoms with Gasteiger partial charge in [0, 0.05) is 26.6 Å². The highest BCUT2D eigenvalue weighted by molar-refractivity contribution is 8.00. The van der Waals surface area contributed by atoms with Crippen molar-refractivity contribution < 1.29 is 32.7 Å². The maximum atomic E-state index is 13.2. The van der Waals surface area contributed by atoms with Crippen molar-refractivity contribution >= 4 is 63.3 Å². The van der Waals surface area contributed by atoms with Crippen molar-refractivity contribution in [3.63, 3.8) is 0 Å². The number of alkyl halides is 3. The number of carboxylic acid groups (broad SMARTS) is 1. The van der Waals surface area contributed by atoms with Gasteiger partial charge < -0.3 is 15.7 Å². The van der Waals surface area contributed by atoms with Gasteiger partial charge in [-0.05, 0) is 60.0 Å². The predicted octanol–water partition coefficient (Wildman–Crippen LogP) is 7.19. The minimum Gasteiger partial charge on any atom is -0.478 e. The number of carbonyl (C=O) groups is 3. The first-order chi connectivity index (χ1) is 18.0. The van der Waals surface area contributed by atoms with Crippen LogP contribution in [0.25, 0.3) is 10.8 Å². The van der Waals surface area contributed by atoms with Gasteiger partial charge in [0.25, 0.3) is 5.91 Å². The van der Waals surface area contributed by atoms with Gasteiger partial charge in [0.1, 0.15) is 0 Å². The zero-order valence-electron chi connectivity index (χ0n) is 19.3. The molecule has 2 amide bonds. The molecule has 11 heteroatoms. The third-order valence-electron chi connectivity index (χ3n) is 5.42. The van der Waals surface area contributed by atoms with E-state index in [1.54, 1.807) is 48.5 Å². The number of carboxylic acids is 1. The van der Waals surface area contributed by atoms with Crippen molar-refractivity contribution in [2.24, 2.45) is 0 Å². The summed E-state index contributed by atoms with van der Waals surface area (Å²) in [6.45, 7) is 0. The molecule has 0 fully saturated rings. The Morgan fingerprint density at radius 1 is 0.868 bits per heavy atom. The van der Waals surface area contributed by atoms with E-state index in [1.165, 1.54) is 18.2 Å². The lowest BCUT2D eigenvalue weighted by molar-refractivity contribution is -0.137. The van der Waals surface area contributed by atoms with Gasteiger partial charge in [0.05, 0.1) is 22.6 Å². The first kappa shape index (κ1) is 27.0. The number of hydrogen-bond acceptors (Lipinski definition) is 4. The lowest BCUT2D eigenvalue weighted by Crippen LogP contribution is -2.18. The summed E-state index contributed by atoms with van der Waals surface area (Å²) < 4.78 is 39.7. The van der Waals surface area contributed by atoms with Crippen LogP contribution >= 0.6 is 23.4 Å². The van der Waals surface area contributed by atoms with Crippen LogP contribution in [-0.4, -0.2) is 28.6 Å². The molecule has 38 heavy (non-hydrogen) atoms. The topological polar surface area (TPSA) is 95.5 Å². The number of hydrogen-bond donors (Lipinski definition) is 3. The molecule has 6 nitrogen and oxygen atoms in total. The van der Waals surface area contributed by atoms with Crippen molar-refractivity contribution in [2.45, 2.75) is 11.1 Å². The fraction of sp³-hybridized carbons (Fsp3) is 0.0741. The van der Waals surface area contributed by atoms with E-state index in [9.17, 15) is 32.7 Å². The Kier molecular flexibility index (Phi) is 7.94. The predicted molar refractivity (Wildman–Crippen MR) is 141 cm³/mol. The van der Waals surface area contributed by atoms with E-state index in [-0.39, 0.29) is 27.6 Å². The van der Waals surface area contributed by atoms with Crippen LogP contribution in [0.15, 0.2) is 83.8 Å². The van der Waals surface area contributed by atoms with Crippen LogP contribution in [0.2, 0.25) is 5.02 Å². The van der Waals surface area contributed by atoms with E-state index in [0.29, 0.717) is 21.4 Å². The summed E-state index contributed by atoms with van der Waals surface area (Å²) in [5, 5.41) is 15.4. The summed E-state index contributed by atoms with van der Waals surface area (Å²) in [5.74, 6) is -2.43. The summed E-state index contributed by atoms with van der Waals surface area (Å²) in [7, 11) is 0. The van der Waals surface area contributed by atoms with Gasteiger partial charge in [0.2, 0.25) is 5.91 Å². The Bertz CT molecular complexity index is 1540. The molecule has 0 spiro atoms. The van der Waals surface area contributed by atoms with Crippen molar-refractivity contribution in [2.75, 3.05) is 16.4 Å². The van der Waals surface area contributed by atoms with Gasteiger partial charge in [-0.3, -0.25) is 9.59 Å². The largest absolute Gasteiger partial charge is 0.478 e. The van der Waals surface area contributed by atoms with Crippen LogP contribution in [0.1, 0.15) is 26.3 Å². The van der Waals surface area contributed by atoms with Crippen LogP contribution in [0.5, 0.6) is 0 Å². The normalized spacial score (nSPS) is 11.3. The number of halogens is 4. The van der Waals surface area contributed by atoms with Crippen molar-refractivity contribution in [3.05, 3.63) is 101 Å². The summed E-state index contributed by atoms with van der Waals surface area (Å²) in [4.78, 5) is 37.5. The monoisotopic (exact) mass is 558 g/mol. The molecule has 3 N–H and O–H groups in total. The molecule has 4 aromatic rings. The first-order valence-electron chi connectivity index (χ1n) is 11.0. The second-order valence-corrected chi connectivity index (χ2v) is 9.50. The number of anilines is 2. The highest BCUT2D eigenvalue weighted by Gasteiger charge is 2.34. The summed E-state index contributed by atoms with van der Waals surface area (Å²) in [6.07, 6.45) is -4.68. The summed E-state index contributed by atoms with van der Waals surface area (Å²) >= 11 is 6.76. The highest BCUT2D eigenvalue weighted by atomic mass is 35.5. The molecule has 0 saturated carbocycles. The van der Waals surface area contributed by atoms with Gasteiger partial charge in [-0.1, -0.05) is 35.9 Å². The van der Waals surface area contributed by atoms with Gasteiger partial charge in [-0.25, -0.2) is 4.79 Å². The van der Waals surface area contributed by atoms with E-state index in [4.69, 9.17) is 11.6 Å². The Labute approximate surface area is 223 Å². The van der Waals surface area contributed by atoms with Crippen LogP contribution in [0.4, 0.5) is 24.5 Å². The van der Waals surface area contributed by atoms with Crippen molar-refractivity contribution in [1.82, 2.24) is 0 Å². The molecule has 0 aromatic heterocycles. The zero-order chi connectivity index (χ0) is 27.4. The average molecular weight is 559 g/mol. The van der Waals surface area contributed by atoms with Gasteiger partial charge in [0.15, 0.2) is 0 Å². The van der Waals surface area contributed by atoms with Gasteiger partial charge in [-0.15, -0.1) is 11.8 Å². The molecule has 0 aliphatic carbocycles. The molecule has 0 aliphatic rings. The SMILES string of the molecule is O=C(CSc1ccc(NC(=O)c2cccc3cccc(C(=O)O)c23)cc1)Nc1ccc(Cl)cc1C(F)(F)F. The van der Waals surface area contributed by atoms with E-state index in [2.05, 4.69) is 10.6 Å². The fourth-order valence-electron chi connectivity index (χ4n) is 3.74. The number of benzene rings is 4. The molecule has 4 rings (SSSR count). The molecular formula is C27H18ClF3N2O4S. The molecule has 0 aliphatic heterocycles. The van der Waals surface area contributed by atoms with Gasteiger partial charge in [-0.2, -0.15) is 13.2 Å². The second kappa shape index (κ2) is 11.2. The molecule has 0 heterocycles. The Balaban J connectivity index is 1.41. The van der Waals surface area contributed by atoms with Crippen LogP contribution in [-0.2, 0) is 11.0 Å². The number of thioether (sulfide) groups is 1. The number of nitrogens with one attached hydrogen (secondary N) is 2. The molecule has 4 aromatic carbocycles. The highest BCUT2D eigenvalue weighted by Crippen LogP contribution is 2.36. The second-order valence-electron chi connectivity index (χ2n) is 8.02. The maximum Gasteiger partial charge on any atom is 0.418 e. The third kappa shape index (κ3) is 6.27. The smallest absolute Gasteiger partial charge is 0.418 e. The fourth-order valence-corrected chi connectivity index (χ4v) is 4.61. The minimum atomic E-state index is -4.68. The molecule has 0 bridgehead atoms. The third-order valence-corrected chi connectivity index (χ3v) is 6.67. The molecular weight excluding hydrogens is 541 g/mol.